The zero-order chi connectivity index (χ0) is 29.3. The molecule has 0 saturated carbocycles. The predicted molar refractivity (Wildman–Crippen MR) is 176 cm³/mol. The number of aromatic nitrogens is 2. The summed E-state index contributed by atoms with van der Waals surface area (Å²) in [6.45, 7) is 3.90. The molecule has 0 bridgehead atoms. The molecule has 0 saturated heterocycles. The maximum atomic E-state index is 13.7. The van der Waals surface area contributed by atoms with Gasteiger partial charge in [0, 0.05) is 32.9 Å². The van der Waals surface area contributed by atoms with Crippen LogP contribution in [0.2, 0.25) is 0 Å². The average molecular weight is 577 g/mol. The monoisotopic (exact) mass is 576 g/mol. The molecule has 0 unspecified atom stereocenters. The summed E-state index contributed by atoms with van der Waals surface area (Å²) in [5.74, 6) is 0. The van der Waals surface area contributed by atoms with Crippen LogP contribution in [0.5, 0.6) is 0 Å². The molecule has 0 radical (unpaired) electrons. The third kappa shape index (κ3) is 3.93. The smallest absolute Gasteiger partial charge is 0.206 e. The second kappa shape index (κ2) is 9.45. The fourth-order valence-corrected chi connectivity index (χ4v) is 7.83. The fraction of sp³-hybridized carbons (Fsp3) is 0.0526. The van der Waals surface area contributed by atoms with E-state index in [-0.39, 0.29) is 0 Å². The van der Waals surface area contributed by atoms with Crippen LogP contribution in [0.15, 0.2) is 143 Å². The second-order valence-corrected chi connectivity index (χ2v) is 13.2. The summed E-state index contributed by atoms with van der Waals surface area (Å²) in [5.41, 5.74) is 8.19. The lowest BCUT2D eigenvalue weighted by Crippen LogP contribution is -2.04. The van der Waals surface area contributed by atoms with E-state index in [9.17, 15) is 8.42 Å². The molecule has 208 valence electrons. The molecule has 0 aliphatic rings. The highest BCUT2D eigenvalue weighted by atomic mass is 32.2. The number of hydrogen-bond acceptors (Lipinski definition) is 2. The molecule has 2 aromatic heterocycles. The van der Waals surface area contributed by atoms with Gasteiger partial charge in [-0.25, -0.2) is 8.42 Å². The fourth-order valence-electron chi connectivity index (χ4n) is 6.45. The predicted octanol–water partition coefficient (Wildman–Crippen LogP) is 9.33. The summed E-state index contributed by atoms with van der Waals surface area (Å²) >= 11 is 0. The first-order valence-electron chi connectivity index (χ1n) is 14.4. The topological polar surface area (TPSA) is 44.0 Å². The van der Waals surface area contributed by atoms with Crippen molar-refractivity contribution in [2.24, 2.45) is 0 Å². The lowest BCUT2D eigenvalue weighted by atomic mass is 10.1. The minimum atomic E-state index is -3.69. The standard InChI is InChI=1S/C38H28N2O2S/c1-25-15-18-29(19-16-25)43(41,42)30-22-26(2)21-28(23-30)40-37-14-8-5-11-33(37)34-24-27(17-20-38(34)40)39-35-12-6-3-9-31(35)32-10-4-7-13-36(32)39/h3-24H,1-2H3. The van der Waals surface area contributed by atoms with Crippen LogP contribution in [0, 0.1) is 13.8 Å². The molecule has 0 spiro atoms. The third-order valence-corrected chi connectivity index (χ3v) is 10.2. The molecule has 0 fully saturated rings. The van der Waals surface area contributed by atoms with Crippen LogP contribution in [0.25, 0.3) is 55.0 Å². The van der Waals surface area contributed by atoms with Crippen molar-refractivity contribution >= 4 is 53.4 Å². The molecule has 2 heterocycles. The molecule has 0 aliphatic heterocycles. The summed E-state index contributed by atoms with van der Waals surface area (Å²) in [5, 5.41) is 4.68. The average Bonchev–Trinajstić information content (AvgIpc) is 3.54. The Kier molecular flexibility index (Phi) is 5.62. The van der Waals surface area contributed by atoms with E-state index in [4.69, 9.17) is 0 Å². The van der Waals surface area contributed by atoms with Crippen LogP contribution in [0.4, 0.5) is 0 Å². The van der Waals surface area contributed by atoms with Crippen LogP contribution < -0.4 is 0 Å². The van der Waals surface area contributed by atoms with Gasteiger partial charge in [-0.1, -0.05) is 72.3 Å². The number of benzene rings is 6. The van der Waals surface area contributed by atoms with Gasteiger partial charge in [0.2, 0.25) is 9.84 Å². The first-order valence-corrected chi connectivity index (χ1v) is 15.8. The zero-order valence-corrected chi connectivity index (χ0v) is 24.6. The van der Waals surface area contributed by atoms with Gasteiger partial charge in [0.05, 0.1) is 31.9 Å². The summed E-state index contributed by atoms with van der Waals surface area (Å²) in [6.07, 6.45) is 0. The van der Waals surface area contributed by atoms with Gasteiger partial charge in [-0.3, -0.25) is 0 Å². The Morgan fingerprint density at radius 1 is 0.419 bits per heavy atom. The minimum absolute atomic E-state index is 0.291. The van der Waals surface area contributed by atoms with Crippen molar-refractivity contribution in [3.8, 4) is 11.4 Å². The Morgan fingerprint density at radius 2 is 0.930 bits per heavy atom. The molecule has 5 heteroatoms. The first kappa shape index (κ1) is 25.6. The maximum Gasteiger partial charge on any atom is 0.206 e. The van der Waals surface area contributed by atoms with Crippen LogP contribution in [-0.2, 0) is 9.84 Å². The van der Waals surface area contributed by atoms with Gasteiger partial charge in [-0.15, -0.1) is 0 Å². The summed E-state index contributed by atoms with van der Waals surface area (Å²) in [6, 6.07) is 44.6. The molecule has 43 heavy (non-hydrogen) atoms. The molecular weight excluding hydrogens is 548 g/mol. The highest BCUT2D eigenvalue weighted by molar-refractivity contribution is 7.91. The number of para-hydroxylation sites is 3. The summed E-state index contributed by atoms with van der Waals surface area (Å²) in [4.78, 5) is 0.590. The molecule has 8 aromatic rings. The second-order valence-electron chi connectivity index (χ2n) is 11.2. The van der Waals surface area contributed by atoms with Gasteiger partial charge in [0.1, 0.15) is 0 Å². The molecule has 0 atom stereocenters. The van der Waals surface area contributed by atoms with Crippen molar-refractivity contribution in [1.82, 2.24) is 9.13 Å². The Morgan fingerprint density at radius 3 is 1.53 bits per heavy atom. The van der Waals surface area contributed by atoms with E-state index < -0.39 is 9.84 Å². The molecule has 6 aromatic carbocycles. The number of fused-ring (bicyclic) bond motifs is 6. The minimum Gasteiger partial charge on any atom is -0.309 e. The van der Waals surface area contributed by atoms with Gasteiger partial charge < -0.3 is 9.13 Å². The van der Waals surface area contributed by atoms with Crippen molar-refractivity contribution in [1.29, 1.82) is 0 Å². The van der Waals surface area contributed by atoms with Crippen molar-refractivity contribution in [3.63, 3.8) is 0 Å². The van der Waals surface area contributed by atoms with Crippen molar-refractivity contribution < 1.29 is 8.42 Å². The van der Waals surface area contributed by atoms with Crippen LogP contribution in [0.3, 0.4) is 0 Å². The quantitative estimate of drug-likeness (QED) is 0.210. The molecule has 0 amide bonds. The van der Waals surface area contributed by atoms with E-state index in [0.717, 1.165) is 55.3 Å². The normalized spacial score (nSPS) is 12.1. The highest BCUT2D eigenvalue weighted by Gasteiger charge is 2.21. The molecule has 0 aliphatic carbocycles. The van der Waals surface area contributed by atoms with Gasteiger partial charge in [-0.05, 0) is 86.1 Å². The van der Waals surface area contributed by atoms with E-state index in [0.29, 0.717) is 9.79 Å². The lowest BCUT2D eigenvalue weighted by molar-refractivity contribution is 0.596. The van der Waals surface area contributed by atoms with E-state index in [1.165, 1.54) is 10.8 Å². The maximum absolute atomic E-state index is 13.7. The molecule has 8 rings (SSSR count). The molecule has 0 N–H and O–H groups in total. The third-order valence-electron chi connectivity index (χ3n) is 8.43. The van der Waals surface area contributed by atoms with E-state index in [1.807, 2.05) is 32.0 Å². The number of rotatable bonds is 4. The first-order chi connectivity index (χ1) is 20.9. The number of nitrogens with zero attached hydrogens (tertiary/aromatic N) is 2. The summed E-state index contributed by atoms with van der Waals surface area (Å²) in [7, 11) is -3.69. The van der Waals surface area contributed by atoms with Gasteiger partial charge in [0.15, 0.2) is 0 Å². The van der Waals surface area contributed by atoms with Gasteiger partial charge >= 0.3 is 0 Å². The lowest BCUT2D eigenvalue weighted by Gasteiger charge is -2.13. The van der Waals surface area contributed by atoms with Crippen molar-refractivity contribution in [2.45, 2.75) is 23.6 Å². The van der Waals surface area contributed by atoms with Crippen LogP contribution in [0.1, 0.15) is 11.1 Å². The Hall–Kier alpha value is -5.13. The van der Waals surface area contributed by atoms with Crippen LogP contribution in [-0.4, -0.2) is 17.6 Å². The van der Waals surface area contributed by atoms with E-state index >= 15 is 0 Å². The summed E-state index contributed by atoms with van der Waals surface area (Å²) < 4.78 is 32.0. The van der Waals surface area contributed by atoms with Crippen molar-refractivity contribution in [3.05, 3.63) is 145 Å². The highest BCUT2D eigenvalue weighted by Crippen LogP contribution is 2.37. The zero-order valence-electron chi connectivity index (χ0n) is 23.8. The number of sulfone groups is 1. The number of hydrogen-bond donors (Lipinski definition) is 0. The number of aryl methyl sites for hydroxylation is 2. The van der Waals surface area contributed by atoms with Crippen LogP contribution >= 0.6 is 0 Å². The van der Waals surface area contributed by atoms with E-state index in [2.05, 4.69) is 100 Å². The van der Waals surface area contributed by atoms with E-state index in [1.54, 1.807) is 24.3 Å². The molecular formula is C38H28N2O2S. The molecule has 4 nitrogen and oxygen atoms in total. The Labute approximate surface area is 250 Å². The Bertz CT molecular complexity index is 2430. The van der Waals surface area contributed by atoms with Crippen molar-refractivity contribution in [2.75, 3.05) is 0 Å². The van der Waals surface area contributed by atoms with Gasteiger partial charge in [-0.2, -0.15) is 0 Å². The largest absolute Gasteiger partial charge is 0.309 e. The Balaban J connectivity index is 1.37. The van der Waals surface area contributed by atoms with Gasteiger partial charge in [0.25, 0.3) is 0 Å². The SMILES string of the molecule is Cc1ccc(S(=O)(=O)c2cc(C)cc(-n3c4ccccc4c4cc(-n5c6ccccc6c6ccccc65)ccc43)c2)cc1.